The lowest BCUT2D eigenvalue weighted by Gasteiger charge is -2.27. The van der Waals surface area contributed by atoms with Crippen LogP contribution in [0.15, 0.2) is 18.5 Å². The molecule has 1 aliphatic heterocycles. The number of carbonyl (C=O) groups is 1. The van der Waals surface area contributed by atoms with Gasteiger partial charge in [-0.25, -0.2) is 9.97 Å². The summed E-state index contributed by atoms with van der Waals surface area (Å²) in [7, 11) is 0. The molecule has 0 bridgehead atoms. The summed E-state index contributed by atoms with van der Waals surface area (Å²) >= 11 is 0. The molecule has 2 rings (SSSR count). The Hall–Kier alpha value is -1.49. The van der Waals surface area contributed by atoms with Crippen molar-refractivity contribution >= 4 is 5.91 Å². The van der Waals surface area contributed by atoms with Crippen LogP contribution in [0.25, 0.3) is 0 Å². The Labute approximate surface area is 120 Å². The molecular weight excluding hydrogens is 254 g/mol. The molecule has 2 heterocycles. The largest absolute Gasteiger partial charge is 0.367 e. The number of aromatic nitrogens is 2. The standard InChI is InChI=1S/C15H23N3O2/c1-14(2)10-11(15(3,4)20-14)18-13(19)7-6-12-16-8-5-9-17-12/h5,8-9,11H,6-7,10H2,1-4H3,(H,18,19). The fraction of sp³-hybridized carbons (Fsp3) is 0.667. The van der Waals surface area contributed by atoms with Crippen molar-refractivity contribution in [1.82, 2.24) is 15.3 Å². The summed E-state index contributed by atoms with van der Waals surface area (Å²) in [5.41, 5.74) is -0.521. The van der Waals surface area contributed by atoms with Crippen molar-refractivity contribution in [3.05, 3.63) is 24.3 Å². The highest BCUT2D eigenvalue weighted by Crippen LogP contribution is 2.37. The summed E-state index contributed by atoms with van der Waals surface area (Å²) < 4.78 is 5.97. The Kier molecular flexibility index (Phi) is 4.09. The van der Waals surface area contributed by atoms with Crippen LogP contribution < -0.4 is 5.32 Å². The monoisotopic (exact) mass is 277 g/mol. The molecule has 20 heavy (non-hydrogen) atoms. The Balaban J connectivity index is 1.86. The Morgan fingerprint density at radius 1 is 1.35 bits per heavy atom. The highest BCUT2D eigenvalue weighted by atomic mass is 16.5. The molecule has 0 aromatic carbocycles. The van der Waals surface area contributed by atoms with Crippen LogP contribution in [0.3, 0.4) is 0 Å². The molecule has 0 radical (unpaired) electrons. The number of amides is 1. The van der Waals surface area contributed by atoms with E-state index in [0.717, 1.165) is 6.42 Å². The molecule has 0 spiro atoms. The first-order valence-electron chi connectivity index (χ1n) is 7.04. The average molecular weight is 277 g/mol. The van der Waals surface area contributed by atoms with E-state index in [0.29, 0.717) is 18.7 Å². The van der Waals surface area contributed by atoms with Crippen LogP contribution in [0.4, 0.5) is 0 Å². The highest BCUT2D eigenvalue weighted by molar-refractivity contribution is 5.76. The predicted molar refractivity (Wildman–Crippen MR) is 76.1 cm³/mol. The number of nitrogens with one attached hydrogen (secondary N) is 1. The van der Waals surface area contributed by atoms with Gasteiger partial charge in [0.05, 0.1) is 17.2 Å². The third kappa shape index (κ3) is 3.76. The predicted octanol–water partition coefficient (Wildman–Crippen LogP) is 1.87. The molecule has 1 fully saturated rings. The fourth-order valence-electron chi connectivity index (χ4n) is 2.74. The van der Waals surface area contributed by atoms with Gasteiger partial charge in [-0.15, -0.1) is 0 Å². The van der Waals surface area contributed by atoms with Gasteiger partial charge in [0.25, 0.3) is 0 Å². The van der Waals surface area contributed by atoms with Gasteiger partial charge in [0.15, 0.2) is 0 Å². The quantitative estimate of drug-likeness (QED) is 0.912. The average Bonchev–Trinajstić information content (AvgIpc) is 2.56. The molecule has 1 amide bonds. The van der Waals surface area contributed by atoms with Crippen LogP contribution in [-0.2, 0) is 16.0 Å². The summed E-state index contributed by atoms with van der Waals surface area (Å²) in [5.74, 6) is 0.724. The summed E-state index contributed by atoms with van der Waals surface area (Å²) in [5, 5.41) is 3.08. The highest BCUT2D eigenvalue weighted by Gasteiger charge is 2.46. The Morgan fingerprint density at radius 3 is 2.55 bits per heavy atom. The number of aryl methyl sites for hydroxylation is 1. The molecule has 0 aliphatic carbocycles. The molecule has 1 atom stereocenters. The maximum atomic E-state index is 12.0. The topological polar surface area (TPSA) is 64.1 Å². The molecule has 1 aliphatic rings. The van der Waals surface area contributed by atoms with Gasteiger partial charge in [0.1, 0.15) is 5.82 Å². The van der Waals surface area contributed by atoms with Gasteiger partial charge in [-0.3, -0.25) is 4.79 Å². The van der Waals surface area contributed by atoms with E-state index in [1.54, 1.807) is 18.5 Å². The van der Waals surface area contributed by atoms with Crippen molar-refractivity contribution < 1.29 is 9.53 Å². The lowest BCUT2D eigenvalue weighted by molar-refractivity contribution is -0.123. The maximum Gasteiger partial charge on any atom is 0.220 e. The number of hydrogen-bond donors (Lipinski definition) is 1. The zero-order valence-electron chi connectivity index (χ0n) is 12.6. The van der Waals surface area contributed by atoms with Gasteiger partial charge >= 0.3 is 0 Å². The lowest BCUT2D eigenvalue weighted by Crippen LogP contribution is -2.46. The molecule has 1 saturated heterocycles. The molecule has 5 heteroatoms. The normalized spacial score (nSPS) is 23.5. The number of carbonyl (C=O) groups excluding carboxylic acids is 1. The van der Waals surface area contributed by atoms with Crippen LogP contribution >= 0.6 is 0 Å². The van der Waals surface area contributed by atoms with Crippen molar-refractivity contribution in [3.63, 3.8) is 0 Å². The molecule has 1 aromatic rings. The molecule has 1 N–H and O–H groups in total. The van der Waals surface area contributed by atoms with Gasteiger partial charge in [-0.1, -0.05) is 0 Å². The summed E-state index contributed by atoms with van der Waals surface area (Å²) in [6, 6.07) is 1.81. The smallest absolute Gasteiger partial charge is 0.220 e. The minimum Gasteiger partial charge on any atom is -0.367 e. The van der Waals surface area contributed by atoms with Gasteiger partial charge in [0, 0.05) is 25.2 Å². The third-order valence-electron chi connectivity index (χ3n) is 3.60. The van der Waals surface area contributed by atoms with Crippen LogP contribution in [0.1, 0.15) is 46.4 Å². The van der Waals surface area contributed by atoms with E-state index in [1.807, 2.05) is 13.8 Å². The molecule has 110 valence electrons. The van der Waals surface area contributed by atoms with Crippen molar-refractivity contribution in [1.29, 1.82) is 0 Å². The zero-order chi connectivity index (χ0) is 14.8. The second kappa shape index (κ2) is 5.48. The van der Waals surface area contributed by atoms with Crippen LogP contribution in [0.5, 0.6) is 0 Å². The van der Waals surface area contributed by atoms with Gasteiger partial charge in [-0.05, 0) is 40.2 Å². The Bertz CT molecular complexity index is 471. The van der Waals surface area contributed by atoms with Crippen molar-refractivity contribution in [3.8, 4) is 0 Å². The van der Waals surface area contributed by atoms with Crippen molar-refractivity contribution in [2.45, 2.75) is 64.2 Å². The molecule has 1 aromatic heterocycles. The third-order valence-corrected chi connectivity index (χ3v) is 3.60. The lowest BCUT2D eigenvalue weighted by atomic mass is 9.94. The van der Waals surface area contributed by atoms with E-state index in [4.69, 9.17) is 4.74 Å². The number of ether oxygens (including phenoxy) is 1. The van der Waals surface area contributed by atoms with Crippen molar-refractivity contribution in [2.75, 3.05) is 0 Å². The zero-order valence-corrected chi connectivity index (χ0v) is 12.6. The van der Waals surface area contributed by atoms with Gasteiger partial charge in [-0.2, -0.15) is 0 Å². The number of rotatable bonds is 4. The second-order valence-corrected chi connectivity index (χ2v) is 6.45. The van der Waals surface area contributed by atoms with E-state index >= 15 is 0 Å². The number of hydrogen-bond acceptors (Lipinski definition) is 4. The first kappa shape index (κ1) is 14.9. The Morgan fingerprint density at radius 2 is 2.00 bits per heavy atom. The van der Waals surface area contributed by atoms with Crippen molar-refractivity contribution in [2.24, 2.45) is 0 Å². The van der Waals surface area contributed by atoms with Crippen LogP contribution in [0, 0.1) is 0 Å². The van der Waals surface area contributed by atoms with E-state index in [1.165, 1.54) is 0 Å². The fourth-order valence-corrected chi connectivity index (χ4v) is 2.74. The number of nitrogens with zero attached hydrogens (tertiary/aromatic N) is 2. The first-order valence-corrected chi connectivity index (χ1v) is 7.04. The summed E-state index contributed by atoms with van der Waals surface area (Å²) in [4.78, 5) is 20.3. The van der Waals surface area contributed by atoms with E-state index in [-0.39, 0.29) is 23.2 Å². The minimum absolute atomic E-state index is 0.0248. The summed E-state index contributed by atoms with van der Waals surface area (Å²) in [6.45, 7) is 8.15. The molecular formula is C15H23N3O2. The van der Waals surface area contributed by atoms with E-state index in [2.05, 4.69) is 29.1 Å². The molecule has 1 unspecified atom stereocenters. The first-order chi connectivity index (χ1) is 9.28. The van der Waals surface area contributed by atoms with Gasteiger partial charge < -0.3 is 10.1 Å². The second-order valence-electron chi connectivity index (χ2n) is 6.45. The summed E-state index contributed by atoms with van der Waals surface area (Å²) in [6.07, 6.45) is 5.17. The maximum absolute atomic E-state index is 12.0. The SMILES string of the molecule is CC1(C)CC(NC(=O)CCc2ncccn2)C(C)(C)O1. The molecule has 0 saturated carbocycles. The minimum atomic E-state index is -0.331. The van der Waals surface area contributed by atoms with Crippen LogP contribution in [-0.4, -0.2) is 33.1 Å². The van der Waals surface area contributed by atoms with E-state index in [9.17, 15) is 4.79 Å². The van der Waals surface area contributed by atoms with E-state index < -0.39 is 0 Å². The molecule has 5 nitrogen and oxygen atoms in total. The van der Waals surface area contributed by atoms with Crippen LogP contribution in [0.2, 0.25) is 0 Å². The van der Waals surface area contributed by atoms with Gasteiger partial charge in [0.2, 0.25) is 5.91 Å².